The van der Waals surface area contributed by atoms with Crippen LogP contribution in [-0.2, 0) is 4.74 Å². The number of anilines is 1. The molecule has 156 valence electrons. The maximum Gasteiger partial charge on any atom is 0.119 e. The molecule has 0 fully saturated rings. The van der Waals surface area contributed by atoms with Crippen molar-refractivity contribution in [2.24, 2.45) is 0 Å². The van der Waals surface area contributed by atoms with Crippen LogP contribution in [0.2, 0.25) is 0 Å². The van der Waals surface area contributed by atoms with Crippen molar-refractivity contribution in [2.45, 2.75) is 46.1 Å². The smallest absolute Gasteiger partial charge is 0.119 e. The molecule has 0 saturated heterocycles. The van der Waals surface area contributed by atoms with Crippen LogP contribution < -0.4 is 9.64 Å². The summed E-state index contributed by atoms with van der Waals surface area (Å²) < 4.78 is 10.6. The second kappa shape index (κ2) is 11.4. The molecule has 0 heterocycles. The quantitative estimate of drug-likeness (QED) is 0.330. The van der Waals surface area contributed by atoms with Gasteiger partial charge >= 0.3 is 0 Å². The van der Waals surface area contributed by atoms with Gasteiger partial charge in [0.25, 0.3) is 0 Å². The number of rotatable bonds is 10. The Kier molecular flexibility index (Phi) is 8.85. The first-order chi connectivity index (χ1) is 14.0. The molecule has 0 spiro atoms. The third-order valence-corrected chi connectivity index (χ3v) is 5.29. The monoisotopic (exact) mass is 393 g/mol. The van der Waals surface area contributed by atoms with Crippen molar-refractivity contribution in [1.82, 2.24) is 0 Å². The maximum absolute atomic E-state index is 5.33. The summed E-state index contributed by atoms with van der Waals surface area (Å²) in [4.78, 5) is 2.48. The van der Waals surface area contributed by atoms with E-state index in [0.29, 0.717) is 11.8 Å². The van der Waals surface area contributed by atoms with Gasteiger partial charge in [-0.3, -0.25) is 0 Å². The number of ether oxygens (including phenoxy) is 2. The fourth-order valence-electron chi connectivity index (χ4n) is 3.53. The van der Waals surface area contributed by atoms with Gasteiger partial charge in [-0.05, 0) is 73.7 Å². The standard InChI is InChI=1S/C26H35NO2/c1-7-10-21(3)27(25-13-15-26(29-6)16-14-25)19-23-11-8-9-12-24(18-23)20(2)17-22(4)28-5/h8-9,11,13-18,21H,4,7,10,12,19H2,1-3,5-6H3/b20-17+. The Morgan fingerprint density at radius 1 is 1.24 bits per heavy atom. The second-order valence-corrected chi connectivity index (χ2v) is 7.50. The van der Waals surface area contributed by atoms with Crippen LogP contribution in [0, 0.1) is 0 Å². The first kappa shape index (κ1) is 22.6. The van der Waals surface area contributed by atoms with E-state index in [9.17, 15) is 0 Å². The van der Waals surface area contributed by atoms with E-state index in [1.54, 1.807) is 14.2 Å². The predicted octanol–water partition coefficient (Wildman–Crippen LogP) is 6.61. The molecule has 0 N–H and O–H groups in total. The Labute approximate surface area is 176 Å². The molecule has 1 aliphatic rings. The summed E-state index contributed by atoms with van der Waals surface area (Å²) in [5.74, 6) is 1.56. The fraction of sp³-hybridized carbons (Fsp3) is 0.385. The Morgan fingerprint density at radius 2 is 1.97 bits per heavy atom. The highest BCUT2D eigenvalue weighted by Gasteiger charge is 2.16. The maximum atomic E-state index is 5.33. The normalized spacial score (nSPS) is 15.1. The summed E-state index contributed by atoms with van der Waals surface area (Å²) in [7, 11) is 3.36. The summed E-state index contributed by atoms with van der Waals surface area (Å²) in [6, 6.07) is 8.82. The van der Waals surface area contributed by atoms with Gasteiger partial charge < -0.3 is 14.4 Å². The molecule has 1 unspecified atom stereocenters. The van der Waals surface area contributed by atoms with Gasteiger partial charge in [-0.2, -0.15) is 0 Å². The minimum absolute atomic E-state index is 0.447. The Morgan fingerprint density at radius 3 is 2.59 bits per heavy atom. The van der Waals surface area contributed by atoms with E-state index in [1.807, 2.05) is 18.2 Å². The van der Waals surface area contributed by atoms with E-state index in [4.69, 9.17) is 9.47 Å². The number of hydrogen-bond donors (Lipinski definition) is 0. The van der Waals surface area contributed by atoms with Crippen LogP contribution in [0.3, 0.4) is 0 Å². The van der Waals surface area contributed by atoms with Gasteiger partial charge in [-0.25, -0.2) is 0 Å². The lowest BCUT2D eigenvalue weighted by Crippen LogP contribution is -2.34. The van der Waals surface area contributed by atoms with Crippen LogP contribution >= 0.6 is 0 Å². The van der Waals surface area contributed by atoms with Gasteiger partial charge in [0, 0.05) is 18.3 Å². The number of methoxy groups -OCH3 is 2. The Hall–Kier alpha value is -2.68. The molecular formula is C26H35NO2. The van der Waals surface area contributed by atoms with Crippen LogP contribution in [0.4, 0.5) is 5.69 Å². The molecular weight excluding hydrogens is 358 g/mol. The molecule has 1 aliphatic carbocycles. The molecule has 2 rings (SSSR count). The van der Waals surface area contributed by atoms with E-state index in [-0.39, 0.29) is 0 Å². The predicted molar refractivity (Wildman–Crippen MR) is 125 cm³/mol. The molecule has 1 aromatic rings. The van der Waals surface area contributed by atoms with Crippen molar-refractivity contribution in [2.75, 3.05) is 25.7 Å². The third-order valence-electron chi connectivity index (χ3n) is 5.29. The number of allylic oxidation sites excluding steroid dienone is 6. The average Bonchev–Trinajstić information content (AvgIpc) is 2.98. The largest absolute Gasteiger partial charge is 0.497 e. The summed E-state index contributed by atoms with van der Waals surface area (Å²) in [6.07, 6.45) is 14.1. The van der Waals surface area contributed by atoms with Crippen molar-refractivity contribution >= 4 is 5.69 Å². The topological polar surface area (TPSA) is 21.7 Å². The number of hydrogen-bond acceptors (Lipinski definition) is 3. The molecule has 3 heteroatoms. The van der Waals surface area contributed by atoms with Crippen LogP contribution in [0.5, 0.6) is 5.75 Å². The van der Waals surface area contributed by atoms with Gasteiger partial charge in [0.15, 0.2) is 0 Å². The summed E-state index contributed by atoms with van der Waals surface area (Å²) in [6.45, 7) is 11.4. The summed E-state index contributed by atoms with van der Waals surface area (Å²) >= 11 is 0. The number of benzene rings is 1. The number of nitrogens with zero attached hydrogens (tertiary/aromatic N) is 1. The molecule has 3 nitrogen and oxygen atoms in total. The molecule has 0 saturated carbocycles. The zero-order valence-electron chi connectivity index (χ0n) is 18.6. The lowest BCUT2D eigenvalue weighted by Gasteiger charge is -2.32. The van der Waals surface area contributed by atoms with E-state index in [2.05, 4.69) is 68.7 Å². The molecule has 1 aromatic carbocycles. The van der Waals surface area contributed by atoms with Crippen molar-refractivity contribution < 1.29 is 9.47 Å². The average molecular weight is 394 g/mol. The van der Waals surface area contributed by atoms with E-state index >= 15 is 0 Å². The second-order valence-electron chi connectivity index (χ2n) is 7.50. The molecule has 0 aliphatic heterocycles. The minimum atomic E-state index is 0.447. The molecule has 1 atom stereocenters. The Bertz CT molecular complexity index is 797. The molecule has 0 aromatic heterocycles. The molecule has 29 heavy (non-hydrogen) atoms. The van der Waals surface area contributed by atoms with Gasteiger partial charge in [0.1, 0.15) is 11.5 Å². The van der Waals surface area contributed by atoms with Gasteiger partial charge in [0.2, 0.25) is 0 Å². The van der Waals surface area contributed by atoms with Crippen LogP contribution in [0.25, 0.3) is 0 Å². The van der Waals surface area contributed by atoms with Crippen molar-refractivity contribution in [1.29, 1.82) is 0 Å². The zero-order valence-corrected chi connectivity index (χ0v) is 18.6. The highest BCUT2D eigenvalue weighted by atomic mass is 16.5. The Balaban J connectivity index is 2.31. The minimum Gasteiger partial charge on any atom is -0.497 e. The summed E-state index contributed by atoms with van der Waals surface area (Å²) in [5, 5.41) is 0. The van der Waals surface area contributed by atoms with Gasteiger partial charge in [-0.15, -0.1) is 0 Å². The van der Waals surface area contributed by atoms with E-state index in [1.165, 1.54) is 22.4 Å². The lowest BCUT2D eigenvalue weighted by molar-refractivity contribution is 0.308. The van der Waals surface area contributed by atoms with Crippen molar-refractivity contribution in [3.8, 4) is 5.75 Å². The molecule has 0 amide bonds. The van der Waals surface area contributed by atoms with Crippen LogP contribution in [0.1, 0.15) is 40.0 Å². The highest BCUT2D eigenvalue weighted by Crippen LogP contribution is 2.26. The lowest BCUT2D eigenvalue weighted by atomic mass is 10.0. The van der Waals surface area contributed by atoms with E-state index < -0.39 is 0 Å². The zero-order chi connectivity index (χ0) is 21.2. The van der Waals surface area contributed by atoms with Gasteiger partial charge in [-0.1, -0.05) is 44.2 Å². The molecule has 0 radical (unpaired) electrons. The van der Waals surface area contributed by atoms with Crippen LogP contribution in [0.15, 0.2) is 83.7 Å². The fourth-order valence-corrected chi connectivity index (χ4v) is 3.53. The van der Waals surface area contributed by atoms with Crippen LogP contribution in [-0.4, -0.2) is 26.8 Å². The third kappa shape index (κ3) is 6.70. The first-order valence-corrected chi connectivity index (χ1v) is 10.4. The van der Waals surface area contributed by atoms with Gasteiger partial charge in [0.05, 0.1) is 14.2 Å². The van der Waals surface area contributed by atoms with Crippen molar-refractivity contribution in [3.63, 3.8) is 0 Å². The highest BCUT2D eigenvalue weighted by molar-refractivity contribution is 5.53. The SMILES string of the molecule is C=C(/C=C(\C)C1=CC(CN(c2ccc(OC)cc2)C(C)CCC)=CC=CC1)OC. The first-order valence-electron chi connectivity index (χ1n) is 10.4. The van der Waals surface area contributed by atoms with E-state index in [0.717, 1.165) is 31.6 Å². The van der Waals surface area contributed by atoms with Crippen molar-refractivity contribution in [3.05, 3.63) is 83.7 Å². The summed E-state index contributed by atoms with van der Waals surface area (Å²) in [5.41, 5.74) is 4.99. The molecule has 0 bridgehead atoms.